The Bertz CT molecular complexity index is 311. The summed E-state index contributed by atoms with van der Waals surface area (Å²) in [5.74, 6) is 0.216. The van der Waals surface area contributed by atoms with Crippen LogP contribution in [0.25, 0.3) is 0 Å². The first kappa shape index (κ1) is 14.6. The summed E-state index contributed by atoms with van der Waals surface area (Å²) in [6, 6.07) is 0.127. The number of carbonyl (C=O) groups excluding carboxylic acids is 1. The molecule has 2 rings (SSSR count). The predicted molar refractivity (Wildman–Crippen MR) is 72.7 cm³/mol. The van der Waals surface area contributed by atoms with E-state index in [0.717, 1.165) is 25.7 Å². The second kappa shape index (κ2) is 6.57. The topological polar surface area (TPSA) is 75.8 Å². The van der Waals surface area contributed by atoms with Gasteiger partial charge in [-0.2, -0.15) is 0 Å². The molecule has 0 radical (unpaired) electrons. The highest BCUT2D eigenvalue weighted by molar-refractivity contribution is 5.69. The smallest absolute Gasteiger partial charge is 0.410 e. The molecule has 110 valence electrons. The van der Waals surface area contributed by atoms with Crippen LogP contribution in [0.1, 0.15) is 45.4 Å². The van der Waals surface area contributed by atoms with Crippen molar-refractivity contribution in [1.82, 2.24) is 4.90 Å². The summed E-state index contributed by atoms with van der Waals surface area (Å²) in [5, 5.41) is 10.3. The van der Waals surface area contributed by atoms with Gasteiger partial charge >= 0.3 is 6.09 Å². The highest BCUT2D eigenvalue weighted by Gasteiger charge is 2.32. The third-order valence-corrected chi connectivity index (χ3v) is 4.48. The molecule has 1 saturated carbocycles. The number of hydrogen-bond donors (Lipinski definition) is 2. The summed E-state index contributed by atoms with van der Waals surface area (Å²) >= 11 is 0. The van der Waals surface area contributed by atoms with Gasteiger partial charge in [-0.05, 0) is 38.5 Å². The van der Waals surface area contributed by atoms with Gasteiger partial charge in [0.25, 0.3) is 0 Å². The van der Waals surface area contributed by atoms with Crippen molar-refractivity contribution in [2.75, 3.05) is 13.1 Å². The van der Waals surface area contributed by atoms with Gasteiger partial charge in [-0.15, -0.1) is 0 Å². The van der Waals surface area contributed by atoms with E-state index < -0.39 is 0 Å². The largest absolute Gasteiger partial charge is 0.444 e. The fraction of sp³-hybridized carbons (Fsp3) is 0.929. The van der Waals surface area contributed by atoms with E-state index >= 15 is 0 Å². The molecular formula is C14H26N2O3. The SMILES string of the molecule is CCN1C[C@@H](CCC(O)C2CCCCC2N)OC1=O. The first-order chi connectivity index (χ1) is 9.11. The molecule has 5 nitrogen and oxygen atoms in total. The summed E-state index contributed by atoms with van der Waals surface area (Å²) in [6.45, 7) is 3.28. The van der Waals surface area contributed by atoms with Crippen molar-refractivity contribution in [3.8, 4) is 0 Å². The molecule has 3 unspecified atom stereocenters. The lowest BCUT2D eigenvalue weighted by molar-refractivity contribution is 0.0509. The van der Waals surface area contributed by atoms with Crippen molar-refractivity contribution in [3.05, 3.63) is 0 Å². The number of rotatable bonds is 5. The minimum atomic E-state index is -0.357. The average Bonchev–Trinajstić information content (AvgIpc) is 2.77. The number of carbonyl (C=O) groups is 1. The number of nitrogens with zero attached hydrogens (tertiary/aromatic N) is 1. The van der Waals surface area contributed by atoms with Crippen molar-refractivity contribution in [2.45, 2.75) is 63.7 Å². The molecular weight excluding hydrogens is 244 g/mol. The number of ether oxygens (including phenoxy) is 1. The van der Waals surface area contributed by atoms with E-state index in [4.69, 9.17) is 10.5 Å². The van der Waals surface area contributed by atoms with Crippen molar-refractivity contribution < 1.29 is 14.6 Å². The van der Waals surface area contributed by atoms with Crippen LogP contribution in [0.15, 0.2) is 0 Å². The van der Waals surface area contributed by atoms with Crippen LogP contribution >= 0.6 is 0 Å². The molecule has 19 heavy (non-hydrogen) atoms. The molecule has 3 N–H and O–H groups in total. The number of aliphatic hydroxyl groups is 1. The second-order valence-electron chi connectivity index (χ2n) is 5.80. The average molecular weight is 270 g/mol. The number of likely N-dealkylation sites (N-methyl/N-ethyl adjacent to an activating group) is 1. The molecule has 1 heterocycles. The van der Waals surface area contributed by atoms with Crippen LogP contribution in [0.2, 0.25) is 0 Å². The van der Waals surface area contributed by atoms with E-state index in [0.29, 0.717) is 19.5 Å². The maximum Gasteiger partial charge on any atom is 0.410 e. The molecule has 0 aromatic heterocycles. The fourth-order valence-corrected chi connectivity index (χ4v) is 3.22. The molecule has 1 amide bonds. The van der Waals surface area contributed by atoms with Gasteiger partial charge in [0.05, 0.1) is 12.6 Å². The summed E-state index contributed by atoms with van der Waals surface area (Å²) in [6.07, 6.45) is 5.13. The maximum atomic E-state index is 11.4. The lowest BCUT2D eigenvalue weighted by Crippen LogP contribution is -2.40. The van der Waals surface area contributed by atoms with Crippen LogP contribution in [-0.2, 0) is 4.74 Å². The zero-order valence-electron chi connectivity index (χ0n) is 11.8. The van der Waals surface area contributed by atoms with Gasteiger partial charge in [-0.3, -0.25) is 0 Å². The molecule has 0 aromatic rings. The van der Waals surface area contributed by atoms with Crippen molar-refractivity contribution in [2.24, 2.45) is 11.7 Å². The molecule has 1 saturated heterocycles. The Kier molecular flexibility index (Phi) is 5.05. The molecule has 5 heteroatoms. The maximum absolute atomic E-state index is 11.4. The number of amides is 1. The molecule has 0 bridgehead atoms. The molecule has 1 aliphatic carbocycles. The zero-order valence-corrected chi connectivity index (χ0v) is 11.8. The Hall–Kier alpha value is -0.810. The minimum Gasteiger partial charge on any atom is -0.444 e. The van der Waals surface area contributed by atoms with E-state index in [-0.39, 0.29) is 30.3 Å². The van der Waals surface area contributed by atoms with Gasteiger partial charge in [0.2, 0.25) is 0 Å². The normalized spacial score (nSPS) is 33.3. The quantitative estimate of drug-likeness (QED) is 0.793. The van der Waals surface area contributed by atoms with E-state index in [1.807, 2.05) is 6.92 Å². The molecule has 1 aliphatic heterocycles. The third-order valence-electron chi connectivity index (χ3n) is 4.48. The summed E-state index contributed by atoms with van der Waals surface area (Å²) < 4.78 is 5.27. The van der Waals surface area contributed by atoms with Crippen LogP contribution in [0.4, 0.5) is 4.79 Å². The Morgan fingerprint density at radius 1 is 1.47 bits per heavy atom. The minimum absolute atomic E-state index is 0.0677. The zero-order chi connectivity index (χ0) is 13.8. The van der Waals surface area contributed by atoms with Crippen LogP contribution < -0.4 is 5.73 Å². The Labute approximate surface area is 115 Å². The van der Waals surface area contributed by atoms with Gasteiger partial charge in [-0.1, -0.05) is 12.8 Å². The predicted octanol–water partition coefficient (Wildman–Crippen LogP) is 1.49. The third kappa shape index (κ3) is 3.60. The van der Waals surface area contributed by atoms with Gasteiger partial charge < -0.3 is 20.5 Å². The summed E-state index contributed by atoms with van der Waals surface area (Å²) in [4.78, 5) is 13.1. The Morgan fingerprint density at radius 3 is 2.84 bits per heavy atom. The highest BCUT2D eigenvalue weighted by Crippen LogP contribution is 2.28. The molecule has 2 fully saturated rings. The number of hydrogen-bond acceptors (Lipinski definition) is 4. The van der Waals surface area contributed by atoms with Gasteiger partial charge in [0, 0.05) is 12.6 Å². The number of cyclic esters (lactones) is 1. The van der Waals surface area contributed by atoms with Crippen LogP contribution in [0.5, 0.6) is 0 Å². The second-order valence-corrected chi connectivity index (χ2v) is 5.80. The van der Waals surface area contributed by atoms with Gasteiger partial charge in [-0.25, -0.2) is 4.79 Å². The molecule has 4 atom stereocenters. The van der Waals surface area contributed by atoms with Crippen LogP contribution in [-0.4, -0.2) is 47.4 Å². The number of aliphatic hydroxyl groups excluding tert-OH is 1. The fourth-order valence-electron chi connectivity index (χ4n) is 3.22. The lowest BCUT2D eigenvalue weighted by atomic mass is 9.80. The number of nitrogens with two attached hydrogens (primary N) is 1. The van der Waals surface area contributed by atoms with E-state index in [9.17, 15) is 9.90 Å². The van der Waals surface area contributed by atoms with E-state index in [1.165, 1.54) is 6.42 Å². The monoisotopic (exact) mass is 270 g/mol. The van der Waals surface area contributed by atoms with E-state index in [1.54, 1.807) is 4.90 Å². The molecule has 0 aromatic carbocycles. The van der Waals surface area contributed by atoms with Gasteiger partial charge in [0.1, 0.15) is 6.10 Å². The standard InChI is InChI=1S/C14H26N2O3/c1-2-16-9-10(19-14(16)18)7-8-13(17)11-5-3-4-6-12(11)15/h10-13,17H,2-9,15H2,1H3/t10-,11?,12?,13?/m1/s1. The van der Waals surface area contributed by atoms with Crippen molar-refractivity contribution >= 4 is 6.09 Å². The van der Waals surface area contributed by atoms with Crippen LogP contribution in [0, 0.1) is 5.92 Å². The molecule has 0 spiro atoms. The van der Waals surface area contributed by atoms with Crippen LogP contribution in [0.3, 0.4) is 0 Å². The van der Waals surface area contributed by atoms with Crippen molar-refractivity contribution in [1.29, 1.82) is 0 Å². The Balaban J connectivity index is 1.74. The van der Waals surface area contributed by atoms with Gasteiger partial charge in [0.15, 0.2) is 0 Å². The first-order valence-corrected chi connectivity index (χ1v) is 7.51. The summed E-state index contributed by atoms with van der Waals surface area (Å²) in [7, 11) is 0. The van der Waals surface area contributed by atoms with E-state index in [2.05, 4.69) is 0 Å². The Morgan fingerprint density at radius 2 is 2.21 bits per heavy atom. The summed E-state index contributed by atoms with van der Waals surface area (Å²) in [5.41, 5.74) is 6.08. The first-order valence-electron chi connectivity index (χ1n) is 7.51. The van der Waals surface area contributed by atoms with Crippen molar-refractivity contribution in [3.63, 3.8) is 0 Å². The lowest BCUT2D eigenvalue weighted by Gasteiger charge is -2.32. The molecule has 2 aliphatic rings. The highest BCUT2D eigenvalue weighted by atomic mass is 16.6.